The number of rotatable bonds is 8. The molecule has 0 spiro atoms. The zero-order chi connectivity index (χ0) is 10.1. The molecule has 0 amide bonds. The van der Waals surface area contributed by atoms with E-state index in [1.807, 2.05) is 14.0 Å². The second kappa shape index (κ2) is 8.44. The monoisotopic (exact) mass is 190 g/mol. The summed E-state index contributed by atoms with van der Waals surface area (Å²) in [6.07, 6.45) is 0. The molecular formula is C9H22N2O2. The molecule has 0 saturated carbocycles. The molecule has 0 aliphatic rings. The maximum atomic E-state index is 5.78. The molecule has 4 nitrogen and oxygen atoms in total. The van der Waals surface area contributed by atoms with E-state index in [1.54, 1.807) is 7.11 Å². The fourth-order valence-corrected chi connectivity index (χ4v) is 1.12. The predicted octanol–water partition coefficient (Wildman–Crippen LogP) is -0.0716. The Balaban J connectivity index is 3.32. The van der Waals surface area contributed by atoms with Crippen LogP contribution in [0.1, 0.15) is 6.92 Å². The Kier molecular flexibility index (Phi) is 8.33. The summed E-state index contributed by atoms with van der Waals surface area (Å²) in [5, 5.41) is 0. The zero-order valence-corrected chi connectivity index (χ0v) is 8.95. The van der Waals surface area contributed by atoms with E-state index in [0.29, 0.717) is 6.61 Å². The van der Waals surface area contributed by atoms with Crippen molar-refractivity contribution in [3.8, 4) is 0 Å². The van der Waals surface area contributed by atoms with Gasteiger partial charge in [-0.25, -0.2) is 0 Å². The Morgan fingerprint density at radius 2 is 2.15 bits per heavy atom. The predicted molar refractivity (Wildman–Crippen MR) is 53.8 cm³/mol. The first-order valence-electron chi connectivity index (χ1n) is 4.71. The average Bonchev–Trinajstić information content (AvgIpc) is 2.05. The van der Waals surface area contributed by atoms with Crippen LogP contribution < -0.4 is 5.73 Å². The Morgan fingerprint density at radius 1 is 1.46 bits per heavy atom. The summed E-state index contributed by atoms with van der Waals surface area (Å²) < 4.78 is 10.2. The minimum absolute atomic E-state index is 0.0941. The molecule has 0 aromatic heterocycles. The van der Waals surface area contributed by atoms with Gasteiger partial charge in [0.15, 0.2) is 0 Å². The van der Waals surface area contributed by atoms with Crippen molar-refractivity contribution in [1.29, 1.82) is 0 Å². The van der Waals surface area contributed by atoms with Crippen LogP contribution in [0, 0.1) is 0 Å². The first kappa shape index (κ1) is 12.8. The smallest absolute Gasteiger partial charge is 0.0626 e. The van der Waals surface area contributed by atoms with E-state index in [-0.39, 0.29) is 6.04 Å². The normalized spacial score (nSPS) is 13.6. The van der Waals surface area contributed by atoms with Gasteiger partial charge < -0.3 is 20.1 Å². The quantitative estimate of drug-likeness (QED) is 0.544. The summed E-state index contributed by atoms with van der Waals surface area (Å²) in [5.41, 5.74) is 5.78. The molecule has 80 valence electrons. The molecule has 1 unspecified atom stereocenters. The molecule has 1 atom stereocenters. The Hall–Kier alpha value is -0.160. The number of hydrogen-bond donors (Lipinski definition) is 1. The van der Waals surface area contributed by atoms with Crippen LogP contribution in [0.15, 0.2) is 0 Å². The van der Waals surface area contributed by atoms with Crippen LogP contribution in [0.5, 0.6) is 0 Å². The first-order chi connectivity index (χ1) is 6.20. The number of nitrogens with two attached hydrogens (primary N) is 1. The van der Waals surface area contributed by atoms with Gasteiger partial charge in [0.2, 0.25) is 0 Å². The third-order valence-electron chi connectivity index (χ3n) is 1.75. The van der Waals surface area contributed by atoms with E-state index in [0.717, 1.165) is 26.3 Å². The molecule has 0 aliphatic carbocycles. The van der Waals surface area contributed by atoms with Crippen LogP contribution in [-0.4, -0.2) is 58.0 Å². The van der Waals surface area contributed by atoms with Gasteiger partial charge in [0.25, 0.3) is 0 Å². The minimum Gasteiger partial charge on any atom is -0.383 e. The van der Waals surface area contributed by atoms with Crippen molar-refractivity contribution >= 4 is 0 Å². The van der Waals surface area contributed by atoms with Crippen LogP contribution in [0.3, 0.4) is 0 Å². The van der Waals surface area contributed by atoms with E-state index in [2.05, 4.69) is 4.90 Å². The number of ether oxygens (including phenoxy) is 2. The molecule has 0 aromatic rings. The van der Waals surface area contributed by atoms with Gasteiger partial charge in [-0.15, -0.1) is 0 Å². The fourth-order valence-electron chi connectivity index (χ4n) is 1.12. The summed E-state index contributed by atoms with van der Waals surface area (Å²) in [6.45, 7) is 5.92. The molecule has 0 bridgehead atoms. The number of methoxy groups -OCH3 is 1. The SMILES string of the molecule is CCOCCN(C)CC(N)COC. The highest BCUT2D eigenvalue weighted by Gasteiger charge is 2.05. The largest absolute Gasteiger partial charge is 0.383 e. The van der Waals surface area contributed by atoms with Gasteiger partial charge >= 0.3 is 0 Å². The van der Waals surface area contributed by atoms with Crippen molar-refractivity contribution in [1.82, 2.24) is 4.90 Å². The van der Waals surface area contributed by atoms with Crippen molar-refractivity contribution in [2.75, 3.05) is 47.1 Å². The maximum absolute atomic E-state index is 5.78. The molecule has 0 aliphatic heterocycles. The molecule has 4 heteroatoms. The lowest BCUT2D eigenvalue weighted by molar-refractivity contribution is 0.111. The topological polar surface area (TPSA) is 47.7 Å². The lowest BCUT2D eigenvalue weighted by Crippen LogP contribution is -2.39. The highest BCUT2D eigenvalue weighted by molar-refractivity contribution is 4.64. The van der Waals surface area contributed by atoms with Gasteiger partial charge in [-0.05, 0) is 14.0 Å². The minimum atomic E-state index is 0.0941. The average molecular weight is 190 g/mol. The van der Waals surface area contributed by atoms with Crippen LogP contribution >= 0.6 is 0 Å². The van der Waals surface area contributed by atoms with Gasteiger partial charge in [0, 0.05) is 32.8 Å². The van der Waals surface area contributed by atoms with Crippen molar-refractivity contribution in [3.63, 3.8) is 0 Å². The summed E-state index contributed by atoms with van der Waals surface area (Å²) in [6, 6.07) is 0.0941. The second-order valence-corrected chi connectivity index (χ2v) is 3.17. The number of likely N-dealkylation sites (N-methyl/N-ethyl adjacent to an activating group) is 1. The molecule has 0 saturated heterocycles. The zero-order valence-electron chi connectivity index (χ0n) is 8.95. The molecular weight excluding hydrogens is 168 g/mol. The molecule has 0 aromatic carbocycles. The van der Waals surface area contributed by atoms with Crippen molar-refractivity contribution in [3.05, 3.63) is 0 Å². The third-order valence-corrected chi connectivity index (χ3v) is 1.75. The van der Waals surface area contributed by atoms with Gasteiger partial charge in [-0.2, -0.15) is 0 Å². The molecule has 0 heterocycles. The standard InChI is InChI=1S/C9H22N2O2/c1-4-13-6-5-11(2)7-9(10)8-12-3/h9H,4-8,10H2,1-3H3. The van der Waals surface area contributed by atoms with Crippen LogP contribution in [0.25, 0.3) is 0 Å². The van der Waals surface area contributed by atoms with Gasteiger partial charge in [-0.1, -0.05) is 0 Å². The van der Waals surface area contributed by atoms with E-state index in [9.17, 15) is 0 Å². The van der Waals surface area contributed by atoms with Crippen molar-refractivity contribution in [2.24, 2.45) is 5.73 Å². The molecule has 0 radical (unpaired) electrons. The fraction of sp³-hybridized carbons (Fsp3) is 1.00. The summed E-state index contributed by atoms with van der Waals surface area (Å²) in [7, 11) is 3.70. The van der Waals surface area contributed by atoms with Crippen LogP contribution in [0.4, 0.5) is 0 Å². The van der Waals surface area contributed by atoms with Crippen LogP contribution in [-0.2, 0) is 9.47 Å². The van der Waals surface area contributed by atoms with Crippen LogP contribution in [0.2, 0.25) is 0 Å². The summed E-state index contributed by atoms with van der Waals surface area (Å²) >= 11 is 0. The summed E-state index contributed by atoms with van der Waals surface area (Å²) in [5.74, 6) is 0. The van der Waals surface area contributed by atoms with E-state index >= 15 is 0 Å². The molecule has 0 fully saturated rings. The number of hydrogen-bond acceptors (Lipinski definition) is 4. The number of nitrogens with zero attached hydrogens (tertiary/aromatic N) is 1. The Labute approximate surface area is 81.0 Å². The van der Waals surface area contributed by atoms with Crippen molar-refractivity contribution in [2.45, 2.75) is 13.0 Å². The molecule has 2 N–H and O–H groups in total. The van der Waals surface area contributed by atoms with Crippen molar-refractivity contribution < 1.29 is 9.47 Å². The highest BCUT2D eigenvalue weighted by atomic mass is 16.5. The third kappa shape index (κ3) is 8.18. The Morgan fingerprint density at radius 3 is 2.69 bits per heavy atom. The van der Waals surface area contributed by atoms with Gasteiger partial charge in [0.1, 0.15) is 0 Å². The van der Waals surface area contributed by atoms with E-state index < -0.39 is 0 Å². The van der Waals surface area contributed by atoms with Gasteiger partial charge in [0.05, 0.1) is 13.2 Å². The lowest BCUT2D eigenvalue weighted by Gasteiger charge is -2.20. The molecule has 0 rings (SSSR count). The lowest BCUT2D eigenvalue weighted by atomic mass is 10.3. The maximum Gasteiger partial charge on any atom is 0.0626 e. The summed E-state index contributed by atoms with van der Waals surface area (Å²) in [4.78, 5) is 2.15. The highest BCUT2D eigenvalue weighted by Crippen LogP contribution is 1.88. The second-order valence-electron chi connectivity index (χ2n) is 3.17. The molecule has 13 heavy (non-hydrogen) atoms. The van der Waals surface area contributed by atoms with Gasteiger partial charge in [-0.3, -0.25) is 0 Å². The first-order valence-corrected chi connectivity index (χ1v) is 4.71. The Bertz CT molecular complexity index is 112. The van der Waals surface area contributed by atoms with E-state index in [4.69, 9.17) is 15.2 Å². The van der Waals surface area contributed by atoms with E-state index in [1.165, 1.54) is 0 Å².